The lowest BCUT2D eigenvalue weighted by Gasteiger charge is -2.09. The van der Waals surface area contributed by atoms with E-state index in [4.69, 9.17) is 5.73 Å². The number of hydrogen-bond acceptors (Lipinski definition) is 4. The molecule has 1 aromatic carbocycles. The van der Waals surface area contributed by atoms with E-state index in [-0.39, 0.29) is 17.1 Å². The van der Waals surface area contributed by atoms with Gasteiger partial charge in [-0.15, -0.1) is 0 Å². The van der Waals surface area contributed by atoms with Gasteiger partial charge in [-0.25, -0.2) is 4.98 Å². The lowest BCUT2D eigenvalue weighted by molar-refractivity contribution is -0.133. The van der Waals surface area contributed by atoms with E-state index in [2.05, 4.69) is 15.6 Å². The van der Waals surface area contributed by atoms with Crippen LogP contribution in [-0.2, 0) is 9.59 Å². The molecule has 0 spiro atoms. The maximum Gasteiger partial charge on any atom is 0.315 e. The number of aromatic nitrogens is 1. The van der Waals surface area contributed by atoms with Crippen molar-refractivity contribution in [3.63, 3.8) is 0 Å². The number of rotatable bonds is 3. The zero-order valence-corrected chi connectivity index (χ0v) is 11.8. The summed E-state index contributed by atoms with van der Waals surface area (Å²) in [5, 5.41) is 4.72. The molecule has 0 fully saturated rings. The highest BCUT2D eigenvalue weighted by atomic mass is 16.2. The van der Waals surface area contributed by atoms with Crippen LogP contribution in [0, 0.1) is 6.92 Å². The number of carbonyl (C=O) groups excluding carboxylic acids is 3. The van der Waals surface area contributed by atoms with E-state index in [0.717, 1.165) is 0 Å². The summed E-state index contributed by atoms with van der Waals surface area (Å²) in [5.41, 5.74) is 6.21. The molecule has 0 bridgehead atoms. The molecule has 0 unspecified atom stereocenters. The van der Waals surface area contributed by atoms with Gasteiger partial charge in [-0.1, -0.05) is 18.2 Å². The minimum Gasteiger partial charge on any atom is -0.366 e. The highest BCUT2D eigenvalue weighted by molar-refractivity contribution is 6.43. The molecular formula is C15H14N4O3. The summed E-state index contributed by atoms with van der Waals surface area (Å²) < 4.78 is 0. The fourth-order valence-electron chi connectivity index (χ4n) is 1.77. The van der Waals surface area contributed by atoms with Crippen LogP contribution in [-0.4, -0.2) is 22.7 Å². The van der Waals surface area contributed by atoms with Crippen LogP contribution in [0.25, 0.3) is 0 Å². The highest BCUT2D eigenvalue weighted by Gasteiger charge is 2.17. The number of pyridine rings is 1. The summed E-state index contributed by atoms with van der Waals surface area (Å²) in [5.74, 6) is -2.24. The number of benzene rings is 1. The smallest absolute Gasteiger partial charge is 0.315 e. The molecule has 0 saturated heterocycles. The maximum absolute atomic E-state index is 11.9. The Hall–Kier alpha value is -3.22. The van der Waals surface area contributed by atoms with Gasteiger partial charge in [-0.2, -0.15) is 0 Å². The summed E-state index contributed by atoms with van der Waals surface area (Å²) in [4.78, 5) is 39.0. The van der Waals surface area contributed by atoms with Gasteiger partial charge in [0.25, 0.3) is 5.91 Å². The summed E-state index contributed by atoms with van der Waals surface area (Å²) in [6, 6.07) is 11.2. The Balaban J connectivity index is 2.09. The van der Waals surface area contributed by atoms with E-state index in [0.29, 0.717) is 5.69 Å². The first kappa shape index (κ1) is 15.2. The number of aryl methyl sites for hydroxylation is 1. The van der Waals surface area contributed by atoms with Gasteiger partial charge in [0, 0.05) is 5.69 Å². The predicted octanol–water partition coefficient (Wildman–Crippen LogP) is 1.07. The lowest BCUT2D eigenvalue weighted by Crippen LogP contribution is -2.30. The van der Waals surface area contributed by atoms with Crippen molar-refractivity contribution in [3.8, 4) is 0 Å². The number of amides is 3. The molecule has 3 amide bonds. The normalized spacial score (nSPS) is 9.86. The van der Waals surface area contributed by atoms with Crippen molar-refractivity contribution in [1.82, 2.24) is 4.98 Å². The van der Waals surface area contributed by atoms with Gasteiger partial charge < -0.3 is 16.4 Å². The second-order valence-electron chi connectivity index (χ2n) is 4.48. The number of anilines is 2. The standard InChI is InChI=1S/C15H14N4O3/c1-9-5-4-8-12(17-9)19-15(22)14(21)18-11-7-3-2-6-10(11)13(16)20/h2-8H,1H3,(H2,16,20)(H,18,21)(H,17,19,22). The van der Waals surface area contributed by atoms with E-state index in [1.807, 2.05) is 0 Å². The highest BCUT2D eigenvalue weighted by Crippen LogP contribution is 2.14. The first-order valence-corrected chi connectivity index (χ1v) is 6.42. The first-order valence-electron chi connectivity index (χ1n) is 6.42. The second kappa shape index (κ2) is 6.49. The minimum absolute atomic E-state index is 0.123. The van der Waals surface area contributed by atoms with Crippen molar-refractivity contribution < 1.29 is 14.4 Å². The number of nitrogens with one attached hydrogen (secondary N) is 2. The largest absolute Gasteiger partial charge is 0.366 e. The molecule has 0 aliphatic carbocycles. The third-order valence-electron chi connectivity index (χ3n) is 2.78. The molecule has 7 heteroatoms. The Morgan fingerprint density at radius 2 is 1.64 bits per heavy atom. The summed E-state index contributed by atoms with van der Waals surface area (Å²) in [6.07, 6.45) is 0. The Morgan fingerprint density at radius 1 is 0.955 bits per heavy atom. The predicted molar refractivity (Wildman–Crippen MR) is 81.2 cm³/mol. The van der Waals surface area contributed by atoms with E-state index < -0.39 is 17.7 Å². The van der Waals surface area contributed by atoms with E-state index in [9.17, 15) is 14.4 Å². The molecule has 22 heavy (non-hydrogen) atoms. The zero-order valence-electron chi connectivity index (χ0n) is 11.8. The Bertz CT molecular complexity index is 743. The van der Waals surface area contributed by atoms with Crippen LogP contribution in [0.3, 0.4) is 0 Å². The lowest BCUT2D eigenvalue weighted by atomic mass is 10.1. The second-order valence-corrected chi connectivity index (χ2v) is 4.48. The van der Waals surface area contributed by atoms with Gasteiger partial charge >= 0.3 is 11.8 Å². The van der Waals surface area contributed by atoms with E-state index in [1.54, 1.807) is 37.3 Å². The van der Waals surface area contributed by atoms with Gasteiger partial charge in [0.15, 0.2) is 0 Å². The molecule has 0 aliphatic rings. The minimum atomic E-state index is -0.919. The monoisotopic (exact) mass is 298 g/mol. The molecular weight excluding hydrogens is 284 g/mol. The molecule has 2 aromatic rings. The summed E-state index contributed by atoms with van der Waals surface area (Å²) in [7, 11) is 0. The van der Waals surface area contributed by atoms with Gasteiger partial charge in [0.05, 0.1) is 11.3 Å². The molecule has 1 heterocycles. The number of primary amides is 1. The molecule has 0 atom stereocenters. The zero-order chi connectivity index (χ0) is 16.1. The quantitative estimate of drug-likeness (QED) is 0.735. The van der Waals surface area contributed by atoms with Crippen molar-refractivity contribution in [1.29, 1.82) is 0 Å². The number of para-hydroxylation sites is 1. The fourth-order valence-corrected chi connectivity index (χ4v) is 1.77. The van der Waals surface area contributed by atoms with Crippen LogP contribution in [0.4, 0.5) is 11.5 Å². The third kappa shape index (κ3) is 3.66. The number of nitrogens with zero attached hydrogens (tertiary/aromatic N) is 1. The van der Waals surface area contributed by atoms with Gasteiger partial charge in [-0.3, -0.25) is 14.4 Å². The molecule has 4 N–H and O–H groups in total. The van der Waals surface area contributed by atoms with Crippen molar-refractivity contribution >= 4 is 29.2 Å². The van der Waals surface area contributed by atoms with Crippen LogP contribution in [0.2, 0.25) is 0 Å². The van der Waals surface area contributed by atoms with Crippen LogP contribution < -0.4 is 16.4 Å². The summed E-state index contributed by atoms with van der Waals surface area (Å²) >= 11 is 0. The fraction of sp³-hybridized carbons (Fsp3) is 0.0667. The van der Waals surface area contributed by atoms with Crippen molar-refractivity contribution in [3.05, 3.63) is 53.7 Å². The third-order valence-corrected chi connectivity index (χ3v) is 2.78. The summed E-state index contributed by atoms with van der Waals surface area (Å²) in [6.45, 7) is 1.76. The molecule has 7 nitrogen and oxygen atoms in total. The molecule has 0 radical (unpaired) electrons. The first-order chi connectivity index (χ1) is 10.5. The van der Waals surface area contributed by atoms with Gasteiger partial charge in [-0.05, 0) is 31.2 Å². The van der Waals surface area contributed by atoms with E-state index >= 15 is 0 Å². The Morgan fingerprint density at radius 3 is 2.32 bits per heavy atom. The van der Waals surface area contributed by atoms with Crippen molar-refractivity contribution in [2.45, 2.75) is 6.92 Å². The van der Waals surface area contributed by atoms with Gasteiger partial charge in [0.1, 0.15) is 5.82 Å². The molecule has 112 valence electrons. The number of nitrogens with two attached hydrogens (primary N) is 1. The maximum atomic E-state index is 11.9. The van der Waals surface area contributed by atoms with Crippen molar-refractivity contribution in [2.24, 2.45) is 5.73 Å². The SMILES string of the molecule is Cc1cccc(NC(=O)C(=O)Nc2ccccc2C(N)=O)n1. The molecule has 1 aromatic heterocycles. The molecule has 0 saturated carbocycles. The van der Waals surface area contributed by atoms with E-state index in [1.165, 1.54) is 12.1 Å². The Labute approximate surface area is 126 Å². The topological polar surface area (TPSA) is 114 Å². The Kier molecular flexibility index (Phi) is 4.47. The van der Waals surface area contributed by atoms with Crippen LogP contribution in [0.1, 0.15) is 16.1 Å². The van der Waals surface area contributed by atoms with Crippen LogP contribution >= 0.6 is 0 Å². The number of hydrogen-bond donors (Lipinski definition) is 3. The van der Waals surface area contributed by atoms with Crippen LogP contribution in [0.15, 0.2) is 42.5 Å². The molecule has 2 rings (SSSR count). The van der Waals surface area contributed by atoms with Crippen LogP contribution in [0.5, 0.6) is 0 Å². The van der Waals surface area contributed by atoms with Crippen molar-refractivity contribution in [2.75, 3.05) is 10.6 Å². The van der Waals surface area contributed by atoms with Gasteiger partial charge in [0.2, 0.25) is 0 Å². The molecule has 0 aliphatic heterocycles. The average molecular weight is 298 g/mol. The average Bonchev–Trinajstić information content (AvgIpc) is 2.47. The number of carbonyl (C=O) groups is 3.